The minimum Gasteiger partial charge on any atom is -0.493 e. The van der Waals surface area contributed by atoms with Crippen LogP contribution >= 0.6 is 11.6 Å². The van der Waals surface area contributed by atoms with Crippen LogP contribution in [0.25, 0.3) is 11.7 Å². The van der Waals surface area contributed by atoms with Gasteiger partial charge in [0.2, 0.25) is 11.8 Å². The summed E-state index contributed by atoms with van der Waals surface area (Å²) in [6.07, 6.45) is 5.00. The maximum Gasteiger partial charge on any atom is 0.326 e. The fraction of sp³-hybridized carbons (Fsp3) is 0.250. The minimum absolute atomic E-state index is 0.0739. The first-order valence-corrected chi connectivity index (χ1v) is 10.3. The summed E-state index contributed by atoms with van der Waals surface area (Å²) in [4.78, 5) is 29.7. The largest absolute Gasteiger partial charge is 0.493 e. The van der Waals surface area contributed by atoms with E-state index < -0.39 is 11.5 Å². The average Bonchev–Trinajstić information content (AvgIpc) is 3.39. The number of hydrogen-bond acceptors (Lipinski definition) is 7. The molecule has 0 radical (unpaired) electrons. The number of halogens is 2. The summed E-state index contributed by atoms with van der Waals surface area (Å²) in [5, 5.41) is 18.0. The van der Waals surface area contributed by atoms with Crippen molar-refractivity contribution in [3.8, 4) is 5.88 Å². The molecule has 0 spiro atoms. The number of fused-ring (bicyclic) bond motifs is 1. The van der Waals surface area contributed by atoms with E-state index in [0.29, 0.717) is 27.1 Å². The molecule has 0 atom stereocenters. The number of aromatic hydroxyl groups is 1. The van der Waals surface area contributed by atoms with E-state index in [1.807, 2.05) is 0 Å². The van der Waals surface area contributed by atoms with Gasteiger partial charge in [0.1, 0.15) is 11.5 Å². The van der Waals surface area contributed by atoms with Crippen molar-refractivity contribution < 1.29 is 9.50 Å². The molecule has 32 heavy (non-hydrogen) atoms. The highest BCUT2D eigenvalue weighted by Gasteiger charge is 2.21. The molecule has 164 valence electrons. The van der Waals surface area contributed by atoms with Gasteiger partial charge in [0.15, 0.2) is 5.65 Å². The number of H-pyrrole nitrogens is 2. The van der Waals surface area contributed by atoms with Gasteiger partial charge >= 0.3 is 5.69 Å². The SMILES string of the molecule is Cc1ccc(F)c(CNc2nc(=NC3CC3)n3nc/c(=C\c4[nH]c(=O)[nH]c4O)c3n2)c1Cl. The highest BCUT2D eigenvalue weighted by atomic mass is 35.5. The lowest BCUT2D eigenvalue weighted by Crippen LogP contribution is -2.25. The third-order valence-corrected chi connectivity index (χ3v) is 5.59. The number of nitrogens with one attached hydrogen (secondary N) is 3. The normalized spacial score (nSPS) is 15.1. The second kappa shape index (κ2) is 7.75. The zero-order valence-electron chi connectivity index (χ0n) is 16.9. The van der Waals surface area contributed by atoms with Crippen LogP contribution in [0.5, 0.6) is 5.88 Å². The summed E-state index contributed by atoms with van der Waals surface area (Å²) in [5.41, 5.74) is 1.47. The van der Waals surface area contributed by atoms with Crippen LogP contribution in [0.1, 0.15) is 29.7 Å². The van der Waals surface area contributed by atoms with E-state index in [0.717, 1.165) is 18.4 Å². The Labute approximate surface area is 184 Å². The van der Waals surface area contributed by atoms with Crippen LogP contribution in [0.2, 0.25) is 5.02 Å². The lowest BCUT2D eigenvalue weighted by Gasteiger charge is -2.10. The summed E-state index contributed by atoms with van der Waals surface area (Å²) < 4.78 is 15.8. The highest BCUT2D eigenvalue weighted by Crippen LogP contribution is 2.24. The van der Waals surface area contributed by atoms with Crippen LogP contribution < -0.4 is 21.8 Å². The smallest absolute Gasteiger partial charge is 0.326 e. The van der Waals surface area contributed by atoms with Gasteiger partial charge in [-0.2, -0.15) is 19.6 Å². The molecule has 0 amide bonds. The summed E-state index contributed by atoms with van der Waals surface area (Å²) in [6.45, 7) is 1.88. The van der Waals surface area contributed by atoms with Crippen LogP contribution in [-0.4, -0.2) is 40.7 Å². The number of imidazole rings is 1. The minimum atomic E-state index is -0.538. The predicted molar refractivity (Wildman–Crippen MR) is 115 cm³/mol. The third-order valence-electron chi connectivity index (χ3n) is 5.06. The van der Waals surface area contributed by atoms with Crippen LogP contribution in [0, 0.1) is 12.7 Å². The average molecular weight is 457 g/mol. The molecule has 3 aromatic heterocycles. The number of anilines is 1. The van der Waals surface area contributed by atoms with Crippen LogP contribution in [-0.2, 0) is 6.54 Å². The summed E-state index contributed by atoms with van der Waals surface area (Å²) in [5.74, 6) is -0.507. The molecule has 12 heteroatoms. The molecule has 5 rings (SSSR count). The number of rotatable bonds is 5. The molecule has 1 aromatic carbocycles. The zero-order chi connectivity index (χ0) is 22.4. The molecule has 0 bridgehead atoms. The number of aromatic amines is 2. The van der Waals surface area contributed by atoms with E-state index in [1.165, 1.54) is 22.9 Å². The van der Waals surface area contributed by atoms with E-state index >= 15 is 0 Å². The Morgan fingerprint density at radius 1 is 1.38 bits per heavy atom. The van der Waals surface area contributed by atoms with Crippen molar-refractivity contribution in [1.29, 1.82) is 0 Å². The van der Waals surface area contributed by atoms with Crippen molar-refractivity contribution in [3.05, 3.63) is 67.3 Å². The van der Waals surface area contributed by atoms with Crippen molar-refractivity contribution in [2.24, 2.45) is 4.99 Å². The van der Waals surface area contributed by atoms with Gasteiger partial charge in [-0.25, -0.2) is 14.2 Å². The maximum absolute atomic E-state index is 14.3. The van der Waals surface area contributed by atoms with Crippen molar-refractivity contribution >= 4 is 29.3 Å². The number of aryl methyl sites for hydroxylation is 1. The van der Waals surface area contributed by atoms with Crippen molar-refractivity contribution in [2.75, 3.05) is 5.32 Å². The fourth-order valence-corrected chi connectivity index (χ4v) is 3.42. The van der Waals surface area contributed by atoms with Gasteiger partial charge < -0.3 is 15.4 Å². The first kappa shape index (κ1) is 20.2. The molecular weight excluding hydrogens is 439 g/mol. The maximum atomic E-state index is 14.3. The molecule has 1 saturated carbocycles. The third kappa shape index (κ3) is 3.82. The van der Waals surface area contributed by atoms with E-state index in [4.69, 9.17) is 11.6 Å². The fourth-order valence-electron chi connectivity index (χ4n) is 3.20. The van der Waals surface area contributed by atoms with E-state index in [-0.39, 0.29) is 30.1 Å². The molecule has 0 unspecified atom stereocenters. The zero-order valence-corrected chi connectivity index (χ0v) is 17.6. The van der Waals surface area contributed by atoms with Gasteiger partial charge in [0.05, 0.1) is 17.3 Å². The van der Waals surface area contributed by atoms with E-state index in [2.05, 4.69) is 35.3 Å². The molecule has 10 nitrogen and oxygen atoms in total. The van der Waals surface area contributed by atoms with Gasteiger partial charge in [-0.15, -0.1) is 0 Å². The summed E-state index contributed by atoms with van der Waals surface area (Å²) in [6, 6.07) is 3.15. The van der Waals surface area contributed by atoms with Crippen molar-refractivity contribution in [3.63, 3.8) is 0 Å². The Kier molecular flexibility index (Phi) is 4.89. The number of hydrogen-bond donors (Lipinski definition) is 4. The second-order valence-electron chi connectivity index (χ2n) is 7.54. The first-order valence-electron chi connectivity index (χ1n) is 9.89. The van der Waals surface area contributed by atoms with Gasteiger partial charge in [-0.3, -0.25) is 4.98 Å². The van der Waals surface area contributed by atoms with Gasteiger partial charge in [0.25, 0.3) is 5.62 Å². The Hall–Kier alpha value is -3.73. The molecule has 3 heterocycles. The van der Waals surface area contributed by atoms with Crippen LogP contribution in [0.4, 0.5) is 10.3 Å². The second-order valence-corrected chi connectivity index (χ2v) is 7.92. The topological polar surface area (TPSA) is 136 Å². The molecule has 4 aromatic rings. The van der Waals surface area contributed by atoms with Crippen molar-refractivity contribution in [2.45, 2.75) is 32.4 Å². The molecule has 1 aliphatic rings. The Morgan fingerprint density at radius 3 is 2.91 bits per heavy atom. The number of nitrogens with zero attached hydrogens (tertiary/aromatic N) is 5. The quantitative estimate of drug-likeness (QED) is 0.356. The number of aromatic nitrogens is 6. The highest BCUT2D eigenvalue weighted by molar-refractivity contribution is 6.32. The summed E-state index contributed by atoms with van der Waals surface area (Å²) >= 11 is 6.27. The molecule has 1 aliphatic carbocycles. The standard InChI is InChI=1S/C20H18ClFN8O2/c1-9-2-5-13(22)12(15(9)21)8-23-18-27-16-10(6-14-17(31)28-20(32)26-14)7-24-30(16)19(29-18)25-11-3-4-11/h2,5-7,11,31H,3-4,8H2,1H3,(H,23,25,29)(H2,26,28,32)/b10-6+. The molecular formula is C20H18ClFN8O2. The Bertz CT molecular complexity index is 1520. The van der Waals surface area contributed by atoms with Crippen LogP contribution in [0.3, 0.4) is 0 Å². The van der Waals surface area contributed by atoms with E-state index in [9.17, 15) is 14.3 Å². The lowest BCUT2D eigenvalue weighted by molar-refractivity contribution is 0.454. The Morgan fingerprint density at radius 2 is 2.19 bits per heavy atom. The van der Waals surface area contributed by atoms with Gasteiger partial charge in [-0.1, -0.05) is 17.7 Å². The van der Waals surface area contributed by atoms with Crippen LogP contribution in [0.15, 0.2) is 28.1 Å². The predicted octanol–water partition coefficient (Wildman–Crippen LogP) is 1.17. The monoisotopic (exact) mass is 456 g/mol. The lowest BCUT2D eigenvalue weighted by atomic mass is 10.1. The van der Waals surface area contributed by atoms with Gasteiger partial charge in [-0.05, 0) is 37.5 Å². The molecule has 0 saturated heterocycles. The van der Waals surface area contributed by atoms with E-state index in [1.54, 1.807) is 13.0 Å². The first-order chi connectivity index (χ1) is 15.4. The van der Waals surface area contributed by atoms with Crippen molar-refractivity contribution in [1.82, 2.24) is 29.5 Å². The summed E-state index contributed by atoms with van der Waals surface area (Å²) in [7, 11) is 0. The van der Waals surface area contributed by atoms with Gasteiger partial charge in [0, 0.05) is 17.3 Å². The molecule has 0 aliphatic heterocycles. The number of benzene rings is 1. The Balaban J connectivity index is 1.60. The molecule has 1 fully saturated rings. The molecule has 4 N–H and O–H groups in total.